The molecule has 0 aromatic carbocycles. The second-order valence-electron chi connectivity index (χ2n) is 4.39. The highest BCUT2D eigenvalue weighted by Crippen LogP contribution is 2.19. The zero-order valence-electron chi connectivity index (χ0n) is 10.3. The van der Waals surface area contributed by atoms with E-state index in [4.69, 9.17) is 15.2 Å². The van der Waals surface area contributed by atoms with Crippen LogP contribution in [0.5, 0.6) is 0 Å². The van der Waals surface area contributed by atoms with Crippen molar-refractivity contribution in [3.63, 3.8) is 0 Å². The summed E-state index contributed by atoms with van der Waals surface area (Å²) in [5.74, 6) is 0.448. The predicted molar refractivity (Wildman–Crippen MR) is 61.0 cm³/mol. The molecule has 1 saturated heterocycles. The van der Waals surface area contributed by atoms with Gasteiger partial charge in [-0.2, -0.15) is 0 Å². The van der Waals surface area contributed by atoms with Gasteiger partial charge in [-0.05, 0) is 12.3 Å². The van der Waals surface area contributed by atoms with Crippen molar-refractivity contribution in [2.45, 2.75) is 25.5 Å². The second kappa shape index (κ2) is 6.18. The normalized spacial score (nSPS) is 27.9. The Morgan fingerprint density at radius 1 is 1.56 bits per heavy atom. The Labute approximate surface area is 96.9 Å². The summed E-state index contributed by atoms with van der Waals surface area (Å²) in [6.45, 7) is 3.80. The third kappa shape index (κ3) is 3.17. The van der Waals surface area contributed by atoms with Crippen LogP contribution in [0, 0.1) is 5.92 Å². The van der Waals surface area contributed by atoms with E-state index in [-0.39, 0.29) is 18.6 Å². The lowest BCUT2D eigenvalue weighted by Crippen LogP contribution is -2.53. The van der Waals surface area contributed by atoms with Crippen molar-refractivity contribution >= 4 is 5.91 Å². The van der Waals surface area contributed by atoms with Crippen molar-refractivity contribution in [1.82, 2.24) is 4.90 Å². The van der Waals surface area contributed by atoms with Crippen molar-refractivity contribution in [1.29, 1.82) is 0 Å². The van der Waals surface area contributed by atoms with Crippen LogP contribution in [0.4, 0.5) is 0 Å². The maximum Gasteiger partial charge on any atom is 0.241 e. The van der Waals surface area contributed by atoms with Crippen molar-refractivity contribution in [3.8, 4) is 0 Å². The first-order valence-electron chi connectivity index (χ1n) is 5.66. The molecule has 2 N–H and O–H groups in total. The molecule has 1 fully saturated rings. The Morgan fingerprint density at radius 3 is 2.81 bits per heavy atom. The summed E-state index contributed by atoms with van der Waals surface area (Å²) in [5, 5.41) is 0. The van der Waals surface area contributed by atoms with E-state index >= 15 is 0 Å². The van der Waals surface area contributed by atoms with Gasteiger partial charge in [-0.1, -0.05) is 6.92 Å². The van der Waals surface area contributed by atoms with Crippen LogP contribution in [0.3, 0.4) is 0 Å². The van der Waals surface area contributed by atoms with Crippen LogP contribution in [0.15, 0.2) is 0 Å². The van der Waals surface area contributed by atoms with E-state index in [0.717, 1.165) is 13.0 Å². The van der Waals surface area contributed by atoms with Gasteiger partial charge in [0, 0.05) is 27.3 Å². The van der Waals surface area contributed by atoms with E-state index in [0.29, 0.717) is 12.5 Å². The average molecular weight is 230 g/mol. The van der Waals surface area contributed by atoms with E-state index in [9.17, 15) is 4.79 Å². The molecule has 3 atom stereocenters. The van der Waals surface area contributed by atoms with Crippen molar-refractivity contribution < 1.29 is 14.3 Å². The molecule has 0 radical (unpaired) electrons. The summed E-state index contributed by atoms with van der Waals surface area (Å²) in [6, 6.07) is -0.559. The molecule has 1 aliphatic rings. The summed E-state index contributed by atoms with van der Waals surface area (Å²) < 4.78 is 10.2. The Hall–Kier alpha value is -0.650. The molecule has 16 heavy (non-hydrogen) atoms. The smallest absolute Gasteiger partial charge is 0.241 e. The van der Waals surface area contributed by atoms with Crippen LogP contribution in [0.25, 0.3) is 0 Å². The van der Waals surface area contributed by atoms with Gasteiger partial charge in [-0.3, -0.25) is 4.79 Å². The van der Waals surface area contributed by atoms with Gasteiger partial charge in [0.15, 0.2) is 0 Å². The second-order valence-corrected chi connectivity index (χ2v) is 4.39. The molecule has 1 amide bonds. The van der Waals surface area contributed by atoms with Gasteiger partial charge in [-0.15, -0.1) is 0 Å². The fourth-order valence-electron chi connectivity index (χ4n) is 2.03. The zero-order chi connectivity index (χ0) is 12.1. The maximum atomic E-state index is 11.9. The minimum atomic E-state index is -0.559. The van der Waals surface area contributed by atoms with Gasteiger partial charge in [0.05, 0.1) is 12.7 Å². The topological polar surface area (TPSA) is 64.8 Å². The number of nitrogens with zero attached hydrogens (tertiary/aromatic N) is 1. The number of piperidine rings is 1. The molecule has 3 unspecified atom stereocenters. The fraction of sp³-hybridized carbons (Fsp3) is 0.909. The highest BCUT2D eigenvalue weighted by Gasteiger charge is 2.30. The van der Waals surface area contributed by atoms with Crippen LogP contribution in [0.1, 0.15) is 13.3 Å². The summed E-state index contributed by atoms with van der Waals surface area (Å²) in [6.07, 6.45) is 1.08. The van der Waals surface area contributed by atoms with Crippen LogP contribution in [0.2, 0.25) is 0 Å². The summed E-state index contributed by atoms with van der Waals surface area (Å²) in [5.41, 5.74) is 5.72. The number of nitrogens with two attached hydrogens (primary N) is 1. The molecule has 0 aromatic rings. The molecule has 0 bridgehead atoms. The first-order valence-corrected chi connectivity index (χ1v) is 5.66. The number of carbonyl (C=O) groups excluding carboxylic acids is 1. The molecular formula is C11H22N2O3. The molecule has 94 valence electrons. The number of likely N-dealkylation sites (tertiary alicyclic amines) is 1. The van der Waals surface area contributed by atoms with E-state index < -0.39 is 6.04 Å². The molecular weight excluding hydrogens is 208 g/mol. The lowest BCUT2D eigenvalue weighted by atomic mass is 9.95. The van der Waals surface area contributed by atoms with Crippen molar-refractivity contribution in [2.75, 3.05) is 33.9 Å². The first kappa shape index (κ1) is 13.4. The standard InChI is InChI=1S/C11H22N2O3/c1-8-4-5-13(6-10(8)16-3)11(14)9(12)7-15-2/h8-10H,4-7,12H2,1-3H3. The number of hydrogen-bond donors (Lipinski definition) is 1. The Kier molecular flexibility index (Phi) is 5.18. The van der Waals surface area contributed by atoms with E-state index in [1.54, 1.807) is 19.1 Å². The quantitative estimate of drug-likeness (QED) is 0.729. The van der Waals surface area contributed by atoms with Crippen LogP contribution >= 0.6 is 0 Å². The summed E-state index contributed by atoms with van der Waals surface area (Å²) in [4.78, 5) is 13.7. The summed E-state index contributed by atoms with van der Waals surface area (Å²) in [7, 11) is 3.23. The Morgan fingerprint density at radius 2 is 2.25 bits per heavy atom. The molecule has 5 heteroatoms. The van der Waals surface area contributed by atoms with E-state index in [1.807, 2.05) is 0 Å². The van der Waals surface area contributed by atoms with Crippen molar-refractivity contribution in [2.24, 2.45) is 11.7 Å². The first-order chi connectivity index (χ1) is 7.60. The lowest BCUT2D eigenvalue weighted by Gasteiger charge is -2.37. The highest BCUT2D eigenvalue weighted by molar-refractivity contribution is 5.81. The van der Waals surface area contributed by atoms with Gasteiger partial charge in [0.1, 0.15) is 6.04 Å². The van der Waals surface area contributed by atoms with Crippen LogP contribution in [-0.2, 0) is 14.3 Å². The zero-order valence-corrected chi connectivity index (χ0v) is 10.3. The van der Waals surface area contributed by atoms with Crippen molar-refractivity contribution in [3.05, 3.63) is 0 Å². The maximum absolute atomic E-state index is 11.9. The number of hydrogen-bond acceptors (Lipinski definition) is 4. The highest BCUT2D eigenvalue weighted by atomic mass is 16.5. The van der Waals surface area contributed by atoms with Crippen LogP contribution in [-0.4, -0.2) is 56.9 Å². The number of methoxy groups -OCH3 is 2. The lowest BCUT2D eigenvalue weighted by molar-refractivity contribution is -0.138. The molecule has 0 saturated carbocycles. The molecule has 1 aliphatic heterocycles. The Balaban J connectivity index is 2.51. The van der Waals surface area contributed by atoms with Gasteiger partial charge >= 0.3 is 0 Å². The number of carbonyl (C=O) groups is 1. The third-order valence-corrected chi connectivity index (χ3v) is 3.17. The van der Waals surface area contributed by atoms with Gasteiger partial charge in [-0.25, -0.2) is 0 Å². The van der Waals surface area contributed by atoms with Crippen LogP contribution < -0.4 is 5.73 Å². The minimum Gasteiger partial charge on any atom is -0.383 e. The predicted octanol–water partition coefficient (Wildman–Crippen LogP) is -0.156. The largest absolute Gasteiger partial charge is 0.383 e. The summed E-state index contributed by atoms with van der Waals surface area (Å²) >= 11 is 0. The SMILES string of the molecule is COCC(N)C(=O)N1CCC(C)C(OC)C1. The van der Waals surface area contributed by atoms with E-state index in [1.165, 1.54) is 0 Å². The van der Waals surface area contributed by atoms with E-state index in [2.05, 4.69) is 6.92 Å². The third-order valence-electron chi connectivity index (χ3n) is 3.17. The molecule has 0 aromatic heterocycles. The molecule has 1 rings (SSSR count). The minimum absolute atomic E-state index is 0.0456. The monoisotopic (exact) mass is 230 g/mol. The Bertz CT molecular complexity index is 235. The van der Waals surface area contributed by atoms with Gasteiger partial charge < -0.3 is 20.1 Å². The number of rotatable bonds is 4. The van der Waals surface area contributed by atoms with Gasteiger partial charge in [0.25, 0.3) is 0 Å². The number of amides is 1. The molecule has 1 heterocycles. The molecule has 0 spiro atoms. The molecule has 5 nitrogen and oxygen atoms in total. The van der Waals surface area contributed by atoms with Gasteiger partial charge in [0.2, 0.25) is 5.91 Å². The number of ether oxygens (including phenoxy) is 2. The average Bonchev–Trinajstić information content (AvgIpc) is 2.29. The molecule has 0 aliphatic carbocycles. The fourth-order valence-corrected chi connectivity index (χ4v) is 2.03.